The number of nitrogens with one attached hydrogen (secondary N) is 3. The van der Waals surface area contributed by atoms with Crippen molar-refractivity contribution in [1.29, 1.82) is 0 Å². The fourth-order valence-corrected chi connectivity index (χ4v) is 3.59. The number of carbonyl (C=O) groups is 2. The van der Waals surface area contributed by atoms with E-state index in [4.69, 9.17) is 0 Å². The Morgan fingerprint density at radius 2 is 1.84 bits per heavy atom. The Balaban J connectivity index is 0.00000312. The molecule has 1 heterocycles. The van der Waals surface area contributed by atoms with Crippen molar-refractivity contribution in [3.8, 4) is 0 Å². The van der Waals surface area contributed by atoms with Gasteiger partial charge < -0.3 is 20.9 Å². The standard InChI is InChI=1S/C18H34N4O2.ClH/c1-15(21-18(24)16-6-3-2-4-7-16)14-17(23)20-8-5-11-22-12-9-19-10-13-22;/h15-16,19H,2-14H2,1H3,(H,20,23)(H,21,24);1H. The largest absolute Gasteiger partial charge is 0.356 e. The lowest BCUT2D eigenvalue weighted by Gasteiger charge is -2.27. The Kier molecular flexibility index (Phi) is 11.1. The highest BCUT2D eigenvalue weighted by molar-refractivity contribution is 5.85. The molecule has 7 heteroatoms. The summed E-state index contributed by atoms with van der Waals surface area (Å²) in [6.45, 7) is 7.98. The van der Waals surface area contributed by atoms with Crippen LogP contribution >= 0.6 is 12.4 Å². The summed E-state index contributed by atoms with van der Waals surface area (Å²) in [7, 11) is 0. The quantitative estimate of drug-likeness (QED) is 0.560. The predicted molar refractivity (Wildman–Crippen MR) is 103 cm³/mol. The molecular formula is C18H35ClN4O2. The van der Waals surface area contributed by atoms with Crippen LogP contribution in [0.15, 0.2) is 0 Å². The smallest absolute Gasteiger partial charge is 0.223 e. The summed E-state index contributed by atoms with van der Waals surface area (Å²) in [4.78, 5) is 26.6. The molecule has 0 spiro atoms. The molecule has 1 atom stereocenters. The maximum Gasteiger partial charge on any atom is 0.223 e. The molecule has 6 nitrogen and oxygen atoms in total. The zero-order valence-electron chi connectivity index (χ0n) is 15.5. The third kappa shape index (κ3) is 8.88. The molecule has 2 aliphatic rings. The summed E-state index contributed by atoms with van der Waals surface area (Å²) in [5, 5.41) is 9.32. The minimum Gasteiger partial charge on any atom is -0.356 e. The van der Waals surface area contributed by atoms with Gasteiger partial charge in [0.2, 0.25) is 11.8 Å². The number of rotatable bonds is 8. The second kappa shape index (κ2) is 12.5. The van der Waals surface area contributed by atoms with E-state index in [-0.39, 0.29) is 36.2 Å². The first kappa shape index (κ1) is 22.2. The molecule has 0 aromatic carbocycles. The van der Waals surface area contributed by atoms with Crippen LogP contribution in [0.25, 0.3) is 0 Å². The molecule has 2 rings (SSSR count). The Morgan fingerprint density at radius 3 is 2.52 bits per heavy atom. The Hall–Kier alpha value is -0.850. The van der Waals surface area contributed by atoms with Gasteiger partial charge in [-0.05, 0) is 32.7 Å². The summed E-state index contributed by atoms with van der Waals surface area (Å²) >= 11 is 0. The predicted octanol–water partition coefficient (Wildman–Crippen LogP) is 1.29. The molecule has 1 unspecified atom stereocenters. The van der Waals surface area contributed by atoms with Crippen LogP contribution in [0, 0.1) is 5.92 Å². The Labute approximate surface area is 158 Å². The second-order valence-corrected chi connectivity index (χ2v) is 7.24. The highest BCUT2D eigenvalue weighted by Gasteiger charge is 2.22. The molecule has 0 bridgehead atoms. The number of carbonyl (C=O) groups excluding carboxylic acids is 2. The molecule has 0 radical (unpaired) electrons. The third-order valence-electron chi connectivity index (χ3n) is 5.04. The van der Waals surface area contributed by atoms with E-state index in [0.29, 0.717) is 13.0 Å². The molecule has 146 valence electrons. The van der Waals surface area contributed by atoms with Crippen molar-refractivity contribution in [2.24, 2.45) is 5.92 Å². The first-order valence-corrected chi connectivity index (χ1v) is 9.65. The van der Waals surface area contributed by atoms with Crippen LogP contribution in [0.1, 0.15) is 51.9 Å². The number of halogens is 1. The summed E-state index contributed by atoms with van der Waals surface area (Å²) in [6, 6.07) is -0.0902. The highest BCUT2D eigenvalue weighted by Crippen LogP contribution is 2.23. The molecule has 1 aliphatic carbocycles. The average molecular weight is 375 g/mol. The first-order chi connectivity index (χ1) is 11.6. The van der Waals surface area contributed by atoms with Crippen LogP contribution in [0.2, 0.25) is 0 Å². The lowest BCUT2D eigenvalue weighted by molar-refractivity contribution is -0.127. The fourth-order valence-electron chi connectivity index (χ4n) is 3.59. The van der Waals surface area contributed by atoms with E-state index in [1.807, 2.05) is 6.92 Å². The maximum atomic E-state index is 12.2. The van der Waals surface area contributed by atoms with Crippen LogP contribution in [0.3, 0.4) is 0 Å². The average Bonchev–Trinajstić information content (AvgIpc) is 2.60. The molecule has 0 aromatic heterocycles. The lowest BCUT2D eigenvalue weighted by Crippen LogP contribution is -2.44. The van der Waals surface area contributed by atoms with Crippen molar-refractivity contribution >= 4 is 24.2 Å². The topological polar surface area (TPSA) is 73.5 Å². The molecule has 1 saturated carbocycles. The van der Waals surface area contributed by atoms with Crippen molar-refractivity contribution in [3.63, 3.8) is 0 Å². The highest BCUT2D eigenvalue weighted by atomic mass is 35.5. The van der Waals surface area contributed by atoms with E-state index >= 15 is 0 Å². The van der Waals surface area contributed by atoms with Crippen molar-refractivity contribution < 1.29 is 9.59 Å². The number of amides is 2. The van der Waals surface area contributed by atoms with E-state index in [1.54, 1.807) is 0 Å². The van der Waals surface area contributed by atoms with Crippen molar-refractivity contribution in [2.45, 2.75) is 57.9 Å². The number of piperazine rings is 1. The van der Waals surface area contributed by atoms with E-state index in [2.05, 4.69) is 20.9 Å². The normalized spacial score (nSPS) is 20.4. The molecule has 3 N–H and O–H groups in total. The minimum absolute atomic E-state index is 0. The summed E-state index contributed by atoms with van der Waals surface area (Å²) < 4.78 is 0. The third-order valence-corrected chi connectivity index (χ3v) is 5.04. The summed E-state index contributed by atoms with van der Waals surface area (Å²) in [5.74, 6) is 0.323. The number of hydrogen-bond donors (Lipinski definition) is 3. The minimum atomic E-state index is -0.0902. The van der Waals surface area contributed by atoms with E-state index in [0.717, 1.165) is 64.8 Å². The SMILES string of the molecule is CC(CC(=O)NCCCN1CCNCC1)NC(=O)C1CCCCC1.Cl. The van der Waals surface area contributed by atoms with Gasteiger partial charge in [0, 0.05) is 51.1 Å². The van der Waals surface area contributed by atoms with E-state index < -0.39 is 0 Å². The van der Waals surface area contributed by atoms with Gasteiger partial charge in [-0.3, -0.25) is 9.59 Å². The van der Waals surface area contributed by atoms with Crippen molar-refractivity contribution in [2.75, 3.05) is 39.3 Å². The Bertz CT molecular complexity index is 397. The van der Waals surface area contributed by atoms with Gasteiger partial charge in [-0.1, -0.05) is 19.3 Å². The summed E-state index contributed by atoms with van der Waals surface area (Å²) in [5.41, 5.74) is 0. The molecule has 25 heavy (non-hydrogen) atoms. The molecule has 1 aliphatic heterocycles. The molecule has 0 aromatic rings. The lowest BCUT2D eigenvalue weighted by atomic mass is 9.88. The van der Waals surface area contributed by atoms with Crippen LogP contribution in [0.5, 0.6) is 0 Å². The van der Waals surface area contributed by atoms with E-state index in [1.165, 1.54) is 6.42 Å². The first-order valence-electron chi connectivity index (χ1n) is 9.65. The van der Waals surface area contributed by atoms with Crippen molar-refractivity contribution in [3.05, 3.63) is 0 Å². The Morgan fingerprint density at radius 1 is 1.16 bits per heavy atom. The van der Waals surface area contributed by atoms with Gasteiger partial charge in [0.05, 0.1) is 0 Å². The van der Waals surface area contributed by atoms with Crippen LogP contribution in [0.4, 0.5) is 0 Å². The molecule has 2 amide bonds. The number of hydrogen-bond acceptors (Lipinski definition) is 4. The van der Waals surface area contributed by atoms with Gasteiger partial charge >= 0.3 is 0 Å². The van der Waals surface area contributed by atoms with E-state index in [9.17, 15) is 9.59 Å². The molecule has 2 fully saturated rings. The maximum absolute atomic E-state index is 12.2. The van der Waals surface area contributed by atoms with Gasteiger partial charge in [0.15, 0.2) is 0 Å². The van der Waals surface area contributed by atoms with Gasteiger partial charge in [-0.25, -0.2) is 0 Å². The zero-order valence-corrected chi connectivity index (χ0v) is 16.3. The van der Waals surface area contributed by atoms with Crippen molar-refractivity contribution in [1.82, 2.24) is 20.9 Å². The molecule has 1 saturated heterocycles. The number of nitrogens with zero attached hydrogens (tertiary/aromatic N) is 1. The van der Waals surface area contributed by atoms with Crippen LogP contribution in [-0.4, -0.2) is 62.0 Å². The van der Waals surface area contributed by atoms with Gasteiger partial charge in [-0.15, -0.1) is 12.4 Å². The summed E-state index contributed by atoms with van der Waals surface area (Å²) in [6.07, 6.45) is 6.89. The van der Waals surface area contributed by atoms with Gasteiger partial charge in [0.1, 0.15) is 0 Å². The van der Waals surface area contributed by atoms with Crippen LogP contribution < -0.4 is 16.0 Å². The molecular weight excluding hydrogens is 340 g/mol. The fraction of sp³-hybridized carbons (Fsp3) is 0.889. The van der Waals surface area contributed by atoms with Crippen LogP contribution in [-0.2, 0) is 9.59 Å². The van der Waals surface area contributed by atoms with Gasteiger partial charge in [0.25, 0.3) is 0 Å². The zero-order chi connectivity index (χ0) is 17.2. The monoisotopic (exact) mass is 374 g/mol. The second-order valence-electron chi connectivity index (χ2n) is 7.24. The van der Waals surface area contributed by atoms with Gasteiger partial charge in [-0.2, -0.15) is 0 Å².